The van der Waals surface area contributed by atoms with Crippen molar-refractivity contribution in [3.63, 3.8) is 0 Å². The van der Waals surface area contributed by atoms with Crippen molar-refractivity contribution < 1.29 is 22.9 Å². The molecule has 0 saturated heterocycles. The zero-order chi connectivity index (χ0) is 23.0. The van der Waals surface area contributed by atoms with Gasteiger partial charge in [0.15, 0.2) is 0 Å². The molecule has 4 aliphatic rings. The van der Waals surface area contributed by atoms with Gasteiger partial charge in [0.05, 0.1) is 5.75 Å². The number of carbonyl (C=O) groups is 1. The standard InChI is InChI=1S/C23H34N2O5S2/c24-20(21(26)27)9-16-2-4-17(5-3-16)14-31-23-12-18-8-19(13-23)11-22(10-18,15-23)25-6-1-7-32(28,29)30/h2-5,18-20,25H,1,6-15,24H2,(H,26,27)(H,28,29,30)/t18?,19?,20-,22?,23?/m0/s1. The Bertz CT molecular complexity index is 920. The maximum Gasteiger partial charge on any atom is 0.320 e. The van der Waals surface area contributed by atoms with Crippen LogP contribution in [0.1, 0.15) is 56.1 Å². The van der Waals surface area contributed by atoms with E-state index in [1.807, 2.05) is 12.1 Å². The highest BCUT2D eigenvalue weighted by molar-refractivity contribution is 7.99. The summed E-state index contributed by atoms with van der Waals surface area (Å²) in [5, 5.41) is 12.7. The molecule has 32 heavy (non-hydrogen) atoms. The number of nitrogens with two attached hydrogens (primary N) is 1. The molecule has 9 heteroatoms. The third-order valence-corrected chi connectivity index (χ3v) is 9.80. The van der Waals surface area contributed by atoms with E-state index in [0.717, 1.165) is 29.6 Å². The molecular weight excluding hydrogens is 448 g/mol. The molecular formula is C23H34N2O5S2. The molecule has 5 rings (SSSR count). The molecule has 0 amide bonds. The molecule has 0 aliphatic heterocycles. The second-order valence-corrected chi connectivity index (χ2v) is 13.3. The number of hydrogen-bond acceptors (Lipinski definition) is 6. The largest absolute Gasteiger partial charge is 0.480 e. The fraction of sp³-hybridized carbons (Fsp3) is 0.696. The molecule has 4 saturated carbocycles. The van der Waals surface area contributed by atoms with Crippen LogP contribution in [0.25, 0.3) is 0 Å². The summed E-state index contributed by atoms with van der Waals surface area (Å²) in [6.07, 6.45) is 8.08. The number of aliphatic carboxylic acids is 1. The van der Waals surface area contributed by atoms with E-state index in [-0.39, 0.29) is 16.0 Å². The van der Waals surface area contributed by atoms with E-state index in [2.05, 4.69) is 29.2 Å². The van der Waals surface area contributed by atoms with E-state index in [1.165, 1.54) is 37.7 Å². The minimum Gasteiger partial charge on any atom is -0.480 e. The van der Waals surface area contributed by atoms with Gasteiger partial charge in [-0.1, -0.05) is 24.3 Å². The van der Waals surface area contributed by atoms with Crippen molar-refractivity contribution >= 4 is 27.8 Å². The summed E-state index contributed by atoms with van der Waals surface area (Å²) in [6.45, 7) is 0.625. The Kier molecular flexibility index (Phi) is 6.94. The first-order valence-corrected chi connectivity index (χ1v) is 14.1. The number of nitrogens with one attached hydrogen (secondary N) is 1. The molecule has 0 spiro atoms. The van der Waals surface area contributed by atoms with Gasteiger partial charge in [0.25, 0.3) is 10.1 Å². The SMILES string of the molecule is N[C@@H](Cc1ccc(CSC23CC4CC(CC(NCCCS(=O)(=O)O)(C4)C2)C3)cc1)C(=O)O. The van der Waals surface area contributed by atoms with Crippen molar-refractivity contribution in [3.05, 3.63) is 35.4 Å². The van der Waals surface area contributed by atoms with Gasteiger partial charge in [-0.2, -0.15) is 20.2 Å². The van der Waals surface area contributed by atoms with Crippen LogP contribution in [-0.4, -0.2) is 52.7 Å². The molecule has 0 heterocycles. The number of benzene rings is 1. The maximum absolute atomic E-state index is 11.0. The maximum atomic E-state index is 11.0. The van der Waals surface area contributed by atoms with Crippen LogP contribution in [0.3, 0.4) is 0 Å². The van der Waals surface area contributed by atoms with E-state index < -0.39 is 22.1 Å². The van der Waals surface area contributed by atoms with Crippen LogP contribution in [0, 0.1) is 11.8 Å². The van der Waals surface area contributed by atoms with Crippen LogP contribution in [0.4, 0.5) is 0 Å². The van der Waals surface area contributed by atoms with Crippen molar-refractivity contribution in [1.82, 2.24) is 5.32 Å². The number of carboxylic acid groups (broad SMARTS) is 1. The zero-order valence-corrected chi connectivity index (χ0v) is 20.0. The fourth-order valence-corrected chi connectivity index (χ4v) is 8.77. The quantitative estimate of drug-likeness (QED) is 0.280. The van der Waals surface area contributed by atoms with Gasteiger partial charge in [0.2, 0.25) is 0 Å². The van der Waals surface area contributed by atoms with Crippen molar-refractivity contribution in [2.75, 3.05) is 12.3 Å². The lowest BCUT2D eigenvalue weighted by molar-refractivity contribution is -0.138. The van der Waals surface area contributed by atoms with Crippen LogP contribution >= 0.6 is 11.8 Å². The van der Waals surface area contributed by atoms with Crippen LogP contribution < -0.4 is 11.1 Å². The summed E-state index contributed by atoms with van der Waals surface area (Å²) >= 11 is 2.06. The number of rotatable bonds is 11. The number of thioether (sulfide) groups is 1. The van der Waals surface area contributed by atoms with Gasteiger partial charge in [-0.05, 0) is 80.9 Å². The minimum atomic E-state index is -3.90. The average Bonchev–Trinajstić information content (AvgIpc) is 2.69. The van der Waals surface area contributed by atoms with Crippen LogP contribution in [0.15, 0.2) is 24.3 Å². The van der Waals surface area contributed by atoms with Crippen LogP contribution in [0.5, 0.6) is 0 Å². The summed E-state index contributed by atoms with van der Waals surface area (Å²) in [7, 11) is -3.90. The van der Waals surface area contributed by atoms with Gasteiger partial charge < -0.3 is 16.2 Å². The summed E-state index contributed by atoms with van der Waals surface area (Å²) in [4.78, 5) is 11.0. The molecule has 5 N–H and O–H groups in total. The van der Waals surface area contributed by atoms with Crippen LogP contribution in [0.2, 0.25) is 0 Å². The van der Waals surface area contributed by atoms with Crippen LogP contribution in [-0.2, 0) is 27.1 Å². The topological polar surface area (TPSA) is 130 Å². The molecule has 0 radical (unpaired) electrons. The van der Waals surface area contributed by atoms with Gasteiger partial charge in [-0.25, -0.2) is 0 Å². The molecule has 0 aromatic heterocycles. The van der Waals surface area contributed by atoms with Crippen molar-refractivity contribution in [2.24, 2.45) is 17.6 Å². The normalized spacial score (nSPS) is 32.2. The lowest BCUT2D eigenvalue weighted by Gasteiger charge is -2.62. The Labute approximate surface area is 194 Å². The summed E-state index contributed by atoms with van der Waals surface area (Å²) in [5.74, 6) is 1.24. The smallest absolute Gasteiger partial charge is 0.320 e. The molecule has 4 fully saturated rings. The second kappa shape index (κ2) is 9.25. The monoisotopic (exact) mass is 482 g/mol. The first-order valence-electron chi connectivity index (χ1n) is 11.5. The molecule has 3 atom stereocenters. The molecule has 1 aromatic carbocycles. The van der Waals surface area contributed by atoms with Gasteiger partial charge in [0, 0.05) is 16.0 Å². The van der Waals surface area contributed by atoms with Gasteiger partial charge >= 0.3 is 5.97 Å². The van der Waals surface area contributed by atoms with E-state index in [1.54, 1.807) is 0 Å². The molecule has 2 unspecified atom stereocenters. The summed E-state index contributed by atoms with van der Waals surface area (Å²) in [5.41, 5.74) is 7.93. The first kappa shape index (κ1) is 24.0. The predicted molar refractivity (Wildman–Crippen MR) is 126 cm³/mol. The Balaban J connectivity index is 1.35. The van der Waals surface area contributed by atoms with Crippen molar-refractivity contribution in [3.8, 4) is 0 Å². The predicted octanol–water partition coefficient (Wildman–Crippen LogP) is 2.83. The summed E-state index contributed by atoms with van der Waals surface area (Å²) in [6, 6.07) is 7.26. The van der Waals surface area contributed by atoms with Gasteiger partial charge in [-0.15, -0.1) is 0 Å². The molecule has 7 nitrogen and oxygen atoms in total. The average molecular weight is 483 g/mol. The highest BCUT2D eigenvalue weighted by Crippen LogP contribution is 2.62. The van der Waals surface area contributed by atoms with Crippen molar-refractivity contribution in [2.45, 2.75) is 73.4 Å². The highest BCUT2D eigenvalue weighted by atomic mass is 32.2. The number of hydrogen-bond donors (Lipinski definition) is 4. The number of carboxylic acids is 1. The molecule has 1 aromatic rings. The van der Waals surface area contributed by atoms with E-state index in [0.29, 0.717) is 19.4 Å². The Morgan fingerprint density at radius 3 is 2.38 bits per heavy atom. The first-order chi connectivity index (χ1) is 15.1. The third kappa shape index (κ3) is 5.86. The van der Waals surface area contributed by atoms with Gasteiger partial charge in [0.1, 0.15) is 6.04 Å². The molecule has 4 aliphatic carbocycles. The molecule has 178 valence electrons. The van der Waals surface area contributed by atoms with E-state index in [9.17, 15) is 13.2 Å². The minimum absolute atomic E-state index is 0.104. The lowest BCUT2D eigenvalue weighted by atomic mass is 9.52. The van der Waals surface area contributed by atoms with E-state index in [4.69, 9.17) is 15.4 Å². The Hall–Kier alpha value is -1.13. The zero-order valence-electron chi connectivity index (χ0n) is 18.3. The lowest BCUT2D eigenvalue weighted by Crippen LogP contribution is -2.63. The Morgan fingerprint density at radius 2 is 1.78 bits per heavy atom. The van der Waals surface area contributed by atoms with Gasteiger partial charge in [-0.3, -0.25) is 9.35 Å². The second-order valence-electron chi connectivity index (χ2n) is 10.2. The van der Waals surface area contributed by atoms with E-state index >= 15 is 0 Å². The Morgan fingerprint density at radius 1 is 1.16 bits per heavy atom. The fourth-order valence-electron chi connectivity index (χ4n) is 6.51. The van der Waals surface area contributed by atoms with Crippen molar-refractivity contribution in [1.29, 1.82) is 0 Å². The summed E-state index contributed by atoms with van der Waals surface area (Å²) < 4.78 is 31.3. The molecule has 4 bridgehead atoms. The highest BCUT2D eigenvalue weighted by Gasteiger charge is 2.57. The third-order valence-electron chi connectivity index (χ3n) is 7.43.